The summed E-state index contributed by atoms with van der Waals surface area (Å²) in [6, 6.07) is 8.64. The van der Waals surface area contributed by atoms with Crippen LogP contribution in [0.5, 0.6) is 0 Å². The topological polar surface area (TPSA) is 104 Å². The highest BCUT2D eigenvalue weighted by Crippen LogP contribution is 2.43. The Hall–Kier alpha value is -3.37. The van der Waals surface area contributed by atoms with Gasteiger partial charge in [-0.1, -0.05) is 54.7 Å². The number of carbonyl (C=O) groups excluding carboxylic acids is 2. The van der Waals surface area contributed by atoms with E-state index in [1.807, 2.05) is 6.07 Å². The van der Waals surface area contributed by atoms with Crippen molar-refractivity contribution in [3.8, 4) is 22.4 Å². The largest absolute Gasteiger partial charge is 0.481 e. The average molecular weight is 611 g/mol. The van der Waals surface area contributed by atoms with Crippen molar-refractivity contribution >= 4 is 51.7 Å². The van der Waals surface area contributed by atoms with Gasteiger partial charge in [0.15, 0.2) is 5.13 Å². The van der Waals surface area contributed by atoms with E-state index >= 15 is 4.39 Å². The Bertz CT molecular complexity index is 1500. The molecule has 1 N–H and O–H groups in total. The number of pyridine rings is 1. The van der Waals surface area contributed by atoms with Gasteiger partial charge in [0.1, 0.15) is 11.5 Å². The summed E-state index contributed by atoms with van der Waals surface area (Å²) < 4.78 is 15.7. The predicted molar refractivity (Wildman–Crippen MR) is 160 cm³/mol. The van der Waals surface area contributed by atoms with E-state index in [2.05, 4.69) is 9.97 Å². The third-order valence-corrected chi connectivity index (χ3v) is 9.52. The molecule has 1 saturated heterocycles. The molecule has 11 heteroatoms. The average Bonchev–Trinajstić information content (AvgIpc) is 3.29. The van der Waals surface area contributed by atoms with Crippen LogP contribution in [0.4, 0.5) is 15.3 Å². The lowest BCUT2D eigenvalue weighted by Gasteiger charge is -2.26. The summed E-state index contributed by atoms with van der Waals surface area (Å²) in [5.41, 5.74) is 1.91. The third kappa shape index (κ3) is 6.06. The minimum Gasteiger partial charge on any atom is -0.481 e. The maximum Gasteiger partial charge on any atom is 0.304 e. The number of nitrogens with zero attached hydrogens (tertiary/aromatic N) is 4. The van der Waals surface area contributed by atoms with Crippen molar-refractivity contribution in [3.05, 3.63) is 46.7 Å². The second kappa shape index (κ2) is 12.1. The highest BCUT2D eigenvalue weighted by atomic mass is 35.5. The van der Waals surface area contributed by atoms with Crippen LogP contribution in [0.1, 0.15) is 64.2 Å². The number of halogens is 2. The molecule has 1 aromatic carbocycles. The van der Waals surface area contributed by atoms with E-state index in [0.29, 0.717) is 52.8 Å². The lowest BCUT2D eigenvalue weighted by atomic mass is 9.90. The van der Waals surface area contributed by atoms with Crippen LogP contribution < -0.4 is 9.80 Å². The monoisotopic (exact) mass is 610 g/mol. The van der Waals surface area contributed by atoms with Crippen LogP contribution in [0.2, 0.25) is 5.02 Å². The van der Waals surface area contributed by atoms with Crippen LogP contribution in [-0.4, -0.2) is 45.4 Å². The van der Waals surface area contributed by atoms with Gasteiger partial charge >= 0.3 is 5.97 Å². The fourth-order valence-electron chi connectivity index (χ4n) is 6.21. The van der Waals surface area contributed by atoms with Crippen LogP contribution in [0.3, 0.4) is 0 Å². The molecular weight excluding hydrogens is 579 g/mol. The molecule has 0 bridgehead atoms. The predicted octanol–water partition coefficient (Wildman–Crippen LogP) is 6.96. The molecule has 0 spiro atoms. The summed E-state index contributed by atoms with van der Waals surface area (Å²) in [6.45, 7) is 0.633. The second-order valence-corrected chi connectivity index (χ2v) is 12.8. The number of benzene rings is 1. The zero-order chi connectivity index (χ0) is 29.4. The summed E-state index contributed by atoms with van der Waals surface area (Å²) in [5, 5.41) is 9.68. The maximum absolute atomic E-state index is 15.7. The quantitative estimate of drug-likeness (QED) is 0.266. The first-order valence-corrected chi connectivity index (χ1v) is 15.8. The van der Waals surface area contributed by atoms with Gasteiger partial charge in [-0.05, 0) is 61.4 Å². The molecule has 42 heavy (non-hydrogen) atoms. The number of carboxylic acid groups (broad SMARTS) is 1. The van der Waals surface area contributed by atoms with Gasteiger partial charge in [0.2, 0.25) is 16.9 Å². The molecule has 8 nitrogen and oxygen atoms in total. The first-order valence-electron chi connectivity index (χ1n) is 14.6. The minimum atomic E-state index is -1.01. The molecule has 1 atom stereocenters. The summed E-state index contributed by atoms with van der Waals surface area (Å²) in [5.74, 6) is -1.01. The first-order chi connectivity index (χ1) is 20.3. The fourth-order valence-corrected chi connectivity index (χ4v) is 7.27. The maximum atomic E-state index is 15.7. The number of anilines is 2. The van der Waals surface area contributed by atoms with E-state index in [1.54, 1.807) is 40.3 Å². The van der Waals surface area contributed by atoms with E-state index in [4.69, 9.17) is 11.6 Å². The van der Waals surface area contributed by atoms with Gasteiger partial charge in [-0.15, -0.1) is 0 Å². The van der Waals surface area contributed by atoms with Crippen LogP contribution in [0.15, 0.2) is 36.5 Å². The molecule has 0 unspecified atom stereocenters. The van der Waals surface area contributed by atoms with Crippen molar-refractivity contribution < 1.29 is 23.9 Å². The third-order valence-electron chi connectivity index (χ3n) is 8.44. The van der Waals surface area contributed by atoms with Crippen molar-refractivity contribution in [2.24, 2.45) is 11.8 Å². The Kier molecular flexibility index (Phi) is 8.27. The molecule has 3 aromatic rings. The number of rotatable bonds is 10. The number of amides is 2. The summed E-state index contributed by atoms with van der Waals surface area (Å²) in [7, 11) is 0. The number of aromatic nitrogens is 2. The van der Waals surface area contributed by atoms with Crippen molar-refractivity contribution in [2.45, 2.75) is 70.3 Å². The Labute approximate surface area is 252 Å². The molecule has 0 radical (unpaired) electrons. The molecule has 3 aliphatic rings. The Morgan fingerprint density at radius 1 is 1.12 bits per heavy atom. The molecule has 2 amide bonds. The molecule has 220 valence electrons. The lowest BCUT2D eigenvalue weighted by Crippen LogP contribution is -2.39. The van der Waals surface area contributed by atoms with Crippen LogP contribution in [0, 0.1) is 17.0 Å². The SMILES string of the molecule is O=C(O)C[C@@H](CC1CCCC1)C(=O)N(c1nc(-c2cc(Cl)ccc2-c2ccc(N3CCCC3=O)nc2)c(F)s1)C1CC1. The Balaban J connectivity index is 1.32. The number of hydrogen-bond acceptors (Lipinski definition) is 6. The number of hydrogen-bond donors (Lipinski definition) is 1. The summed E-state index contributed by atoms with van der Waals surface area (Å²) in [6.07, 6.45) is 8.99. The number of aliphatic carboxylic acids is 1. The highest BCUT2D eigenvalue weighted by Gasteiger charge is 2.40. The lowest BCUT2D eigenvalue weighted by molar-refractivity contribution is -0.141. The van der Waals surface area contributed by atoms with Gasteiger partial charge in [-0.3, -0.25) is 24.2 Å². The molecule has 2 aromatic heterocycles. The molecule has 3 heterocycles. The summed E-state index contributed by atoms with van der Waals surface area (Å²) in [4.78, 5) is 50.1. The van der Waals surface area contributed by atoms with Crippen LogP contribution in [-0.2, 0) is 14.4 Å². The number of carboxylic acids is 1. The Morgan fingerprint density at radius 2 is 1.90 bits per heavy atom. The Morgan fingerprint density at radius 3 is 2.55 bits per heavy atom. The van der Waals surface area contributed by atoms with E-state index in [9.17, 15) is 19.5 Å². The van der Waals surface area contributed by atoms with Gasteiger partial charge < -0.3 is 5.11 Å². The van der Waals surface area contributed by atoms with Gasteiger partial charge in [0.05, 0.1) is 6.42 Å². The van der Waals surface area contributed by atoms with Gasteiger partial charge in [-0.2, -0.15) is 4.39 Å². The van der Waals surface area contributed by atoms with E-state index < -0.39 is 17.0 Å². The van der Waals surface area contributed by atoms with Crippen molar-refractivity contribution in [1.29, 1.82) is 0 Å². The fraction of sp³-hybridized carbons (Fsp3) is 0.452. The molecule has 3 fully saturated rings. The van der Waals surface area contributed by atoms with Crippen molar-refractivity contribution in [2.75, 3.05) is 16.3 Å². The molecule has 1 aliphatic heterocycles. The summed E-state index contributed by atoms with van der Waals surface area (Å²) >= 11 is 7.16. The van der Waals surface area contributed by atoms with E-state index in [-0.39, 0.29) is 35.1 Å². The zero-order valence-corrected chi connectivity index (χ0v) is 24.7. The minimum absolute atomic E-state index is 0.0445. The van der Waals surface area contributed by atoms with Crippen LogP contribution in [0.25, 0.3) is 22.4 Å². The molecular formula is C31H32ClFN4O4S. The number of thiazole rings is 1. The first kappa shape index (κ1) is 28.7. The highest BCUT2D eigenvalue weighted by molar-refractivity contribution is 7.14. The number of carbonyl (C=O) groups is 3. The van der Waals surface area contributed by atoms with E-state index in [0.717, 1.165) is 56.3 Å². The molecule has 2 aliphatic carbocycles. The standard InChI is InChI=1S/C31H32ClFN4O4S/c32-21-8-11-23(19-7-12-25(34-17-19)36-13-3-6-26(36)38)24(16-21)28-29(33)42-31(35-28)37(22-9-10-22)30(41)20(15-27(39)40)14-18-4-1-2-5-18/h7-8,11-12,16-18,20,22H,1-6,9-10,13-15H2,(H,39,40)/t20-/m1/s1. The molecule has 2 saturated carbocycles. The van der Waals surface area contributed by atoms with Gasteiger partial charge in [0.25, 0.3) is 0 Å². The smallest absolute Gasteiger partial charge is 0.304 e. The zero-order valence-electron chi connectivity index (χ0n) is 23.1. The van der Waals surface area contributed by atoms with E-state index in [1.165, 1.54) is 0 Å². The second-order valence-electron chi connectivity index (χ2n) is 11.5. The molecule has 6 rings (SSSR count). The van der Waals surface area contributed by atoms with Crippen LogP contribution >= 0.6 is 22.9 Å². The normalized spacial score (nSPS) is 18.0. The van der Waals surface area contributed by atoms with Gasteiger partial charge in [-0.25, -0.2) is 9.97 Å². The van der Waals surface area contributed by atoms with Crippen molar-refractivity contribution in [1.82, 2.24) is 9.97 Å². The van der Waals surface area contributed by atoms with Gasteiger partial charge in [0, 0.05) is 47.3 Å². The van der Waals surface area contributed by atoms with Crippen molar-refractivity contribution in [3.63, 3.8) is 0 Å².